The van der Waals surface area contributed by atoms with E-state index in [0.717, 1.165) is 6.42 Å². The second kappa shape index (κ2) is 5.18. The summed E-state index contributed by atoms with van der Waals surface area (Å²) in [5.74, 6) is 3.00. The molecule has 1 aromatic carbocycles. The molecule has 1 heteroatoms. The minimum atomic E-state index is -1.47. The van der Waals surface area contributed by atoms with Gasteiger partial charge in [0.2, 0.25) is 0 Å². The second-order valence-corrected chi connectivity index (χ2v) is 9.31. The fraction of sp³-hybridized carbons (Fsp3) is 0.429. The minimum Gasteiger partial charge on any atom is -0.120 e. The zero-order valence-electron chi connectivity index (χ0n) is 9.96. The standard InChI is InChI=1S/C14H20Si/c1-5-10-13(6-2)15(3,4)14-11-8-7-9-12-14/h2,7-9,11-13H,5,10H2,1,3-4H3. The fourth-order valence-corrected chi connectivity index (χ4v) is 4.89. The van der Waals surface area contributed by atoms with Gasteiger partial charge in [0.25, 0.3) is 0 Å². The van der Waals surface area contributed by atoms with Crippen LogP contribution >= 0.6 is 0 Å². The first-order valence-electron chi connectivity index (χ1n) is 5.64. The molecule has 0 heterocycles. The van der Waals surface area contributed by atoms with E-state index in [1.165, 1.54) is 11.6 Å². The molecule has 0 radical (unpaired) electrons. The molecule has 0 aliphatic rings. The lowest BCUT2D eigenvalue weighted by atomic mass is 10.2. The van der Waals surface area contributed by atoms with Crippen LogP contribution in [0.4, 0.5) is 0 Å². The summed E-state index contributed by atoms with van der Waals surface area (Å²) in [5.41, 5.74) is 0.463. The first-order valence-corrected chi connectivity index (χ1v) is 8.72. The van der Waals surface area contributed by atoms with Crippen molar-refractivity contribution in [2.24, 2.45) is 0 Å². The molecule has 0 saturated carbocycles. The van der Waals surface area contributed by atoms with Gasteiger partial charge in [-0.05, 0) is 6.42 Å². The highest BCUT2D eigenvalue weighted by Gasteiger charge is 2.31. The average molecular weight is 216 g/mol. The van der Waals surface area contributed by atoms with E-state index in [1.54, 1.807) is 0 Å². The number of benzene rings is 1. The number of hydrogen-bond acceptors (Lipinski definition) is 0. The second-order valence-electron chi connectivity index (χ2n) is 4.60. The maximum Gasteiger partial charge on any atom is 0.0962 e. The Morgan fingerprint density at radius 2 is 1.87 bits per heavy atom. The molecule has 0 fully saturated rings. The van der Waals surface area contributed by atoms with E-state index >= 15 is 0 Å². The summed E-state index contributed by atoms with van der Waals surface area (Å²) in [4.78, 5) is 0. The van der Waals surface area contributed by atoms with Crippen LogP contribution in [0, 0.1) is 12.3 Å². The Balaban J connectivity index is 2.96. The highest BCUT2D eigenvalue weighted by Crippen LogP contribution is 2.25. The smallest absolute Gasteiger partial charge is 0.0962 e. The molecule has 0 nitrogen and oxygen atoms in total. The van der Waals surface area contributed by atoms with Crippen LogP contribution in [0.5, 0.6) is 0 Å². The molecular formula is C14H20Si. The van der Waals surface area contributed by atoms with Crippen LogP contribution in [-0.4, -0.2) is 8.07 Å². The molecule has 0 saturated heterocycles. The van der Waals surface area contributed by atoms with Crippen LogP contribution < -0.4 is 5.19 Å². The molecule has 1 unspecified atom stereocenters. The molecule has 0 aliphatic heterocycles. The lowest BCUT2D eigenvalue weighted by Crippen LogP contribution is -2.45. The molecule has 0 amide bonds. The van der Waals surface area contributed by atoms with Gasteiger partial charge in [0.15, 0.2) is 0 Å². The summed E-state index contributed by atoms with van der Waals surface area (Å²) in [6.45, 7) is 6.96. The number of rotatable bonds is 4. The molecular weight excluding hydrogens is 196 g/mol. The molecule has 80 valence electrons. The monoisotopic (exact) mass is 216 g/mol. The van der Waals surface area contributed by atoms with E-state index in [-0.39, 0.29) is 0 Å². The Kier molecular flexibility index (Phi) is 4.17. The van der Waals surface area contributed by atoms with Crippen molar-refractivity contribution in [1.29, 1.82) is 0 Å². The number of terminal acetylenes is 1. The third kappa shape index (κ3) is 2.73. The third-order valence-electron chi connectivity index (χ3n) is 3.17. The van der Waals surface area contributed by atoms with Gasteiger partial charge in [-0.2, -0.15) is 0 Å². The van der Waals surface area contributed by atoms with Crippen LogP contribution in [0.1, 0.15) is 19.8 Å². The highest BCUT2D eigenvalue weighted by molar-refractivity contribution is 6.91. The molecule has 0 aliphatic carbocycles. The van der Waals surface area contributed by atoms with Gasteiger partial charge in [-0.1, -0.05) is 62.0 Å². The molecule has 15 heavy (non-hydrogen) atoms. The first-order chi connectivity index (χ1) is 7.12. The minimum absolute atomic E-state index is 0.463. The van der Waals surface area contributed by atoms with Gasteiger partial charge in [-0.3, -0.25) is 0 Å². The van der Waals surface area contributed by atoms with E-state index < -0.39 is 8.07 Å². The lowest BCUT2D eigenvalue weighted by molar-refractivity contribution is 0.808. The third-order valence-corrected chi connectivity index (χ3v) is 7.19. The van der Waals surface area contributed by atoms with Gasteiger partial charge >= 0.3 is 0 Å². The quantitative estimate of drug-likeness (QED) is 0.534. The normalized spacial score (nSPS) is 13.2. The molecule has 1 rings (SSSR count). The van der Waals surface area contributed by atoms with Crippen molar-refractivity contribution in [2.75, 3.05) is 0 Å². The Hall–Kier alpha value is -1.00. The van der Waals surface area contributed by atoms with Gasteiger partial charge in [-0.15, -0.1) is 12.3 Å². The van der Waals surface area contributed by atoms with E-state index in [2.05, 4.69) is 56.3 Å². The van der Waals surface area contributed by atoms with Crippen molar-refractivity contribution in [2.45, 2.75) is 38.4 Å². The molecule has 1 aromatic rings. The Bertz CT molecular complexity index is 332. The van der Waals surface area contributed by atoms with Crippen molar-refractivity contribution in [3.8, 4) is 12.3 Å². The van der Waals surface area contributed by atoms with Gasteiger partial charge < -0.3 is 0 Å². The Morgan fingerprint density at radius 3 is 2.33 bits per heavy atom. The lowest BCUT2D eigenvalue weighted by Gasteiger charge is -2.29. The summed E-state index contributed by atoms with van der Waals surface area (Å²) < 4.78 is 0. The fourth-order valence-electron chi connectivity index (χ4n) is 2.01. The topological polar surface area (TPSA) is 0 Å². The van der Waals surface area contributed by atoms with Crippen LogP contribution in [0.15, 0.2) is 30.3 Å². The Labute approximate surface area is 94.7 Å². The maximum absolute atomic E-state index is 5.67. The van der Waals surface area contributed by atoms with Gasteiger partial charge in [0.05, 0.1) is 8.07 Å². The highest BCUT2D eigenvalue weighted by atomic mass is 28.3. The van der Waals surface area contributed by atoms with Crippen LogP contribution in [0.2, 0.25) is 18.6 Å². The largest absolute Gasteiger partial charge is 0.120 e. The SMILES string of the molecule is C#CC(CCC)[Si](C)(C)c1ccccc1. The van der Waals surface area contributed by atoms with Crippen molar-refractivity contribution >= 4 is 13.3 Å². The molecule has 0 bridgehead atoms. The Morgan fingerprint density at radius 1 is 1.27 bits per heavy atom. The molecule has 1 atom stereocenters. The summed E-state index contributed by atoms with van der Waals surface area (Å²) in [6.07, 6.45) is 8.00. The van der Waals surface area contributed by atoms with Crippen LogP contribution in [0.25, 0.3) is 0 Å². The van der Waals surface area contributed by atoms with Crippen molar-refractivity contribution in [3.63, 3.8) is 0 Å². The maximum atomic E-state index is 5.67. The summed E-state index contributed by atoms with van der Waals surface area (Å²) in [6, 6.07) is 10.8. The first kappa shape index (κ1) is 12.1. The predicted octanol–water partition coefficient (Wildman–Crippen LogP) is 3.41. The summed E-state index contributed by atoms with van der Waals surface area (Å²) in [7, 11) is -1.47. The number of hydrogen-bond donors (Lipinski definition) is 0. The van der Waals surface area contributed by atoms with Gasteiger partial charge in [0.1, 0.15) is 0 Å². The molecule has 0 spiro atoms. The van der Waals surface area contributed by atoms with Crippen molar-refractivity contribution < 1.29 is 0 Å². The summed E-state index contributed by atoms with van der Waals surface area (Å²) >= 11 is 0. The summed E-state index contributed by atoms with van der Waals surface area (Å²) in [5, 5.41) is 1.47. The predicted molar refractivity (Wildman–Crippen MR) is 71.0 cm³/mol. The van der Waals surface area contributed by atoms with Crippen LogP contribution in [-0.2, 0) is 0 Å². The van der Waals surface area contributed by atoms with E-state index in [1.807, 2.05) is 0 Å². The van der Waals surface area contributed by atoms with E-state index in [4.69, 9.17) is 6.42 Å². The van der Waals surface area contributed by atoms with Crippen LogP contribution in [0.3, 0.4) is 0 Å². The van der Waals surface area contributed by atoms with Crippen molar-refractivity contribution in [1.82, 2.24) is 0 Å². The zero-order valence-corrected chi connectivity index (χ0v) is 11.0. The molecule has 0 N–H and O–H groups in total. The average Bonchev–Trinajstić information content (AvgIpc) is 2.27. The zero-order chi connectivity index (χ0) is 11.3. The molecule has 0 aromatic heterocycles. The van der Waals surface area contributed by atoms with Crippen molar-refractivity contribution in [3.05, 3.63) is 30.3 Å². The van der Waals surface area contributed by atoms with Gasteiger partial charge in [-0.25, -0.2) is 0 Å². The van der Waals surface area contributed by atoms with Gasteiger partial charge in [0, 0.05) is 5.54 Å². The van der Waals surface area contributed by atoms with E-state index in [0.29, 0.717) is 5.54 Å². The van der Waals surface area contributed by atoms with E-state index in [9.17, 15) is 0 Å².